The molecule has 0 atom stereocenters. The number of unbranched alkanes of at least 4 members (excludes halogenated alkanes) is 7. The average molecular weight is 506 g/mol. The van der Waals surface area contributed by atoms with Gasteiger partial charge in [-0.2, -0.15) is 10.2 Å². The van der Waals surface area contributed by atoms with Crippen LogP contribution in [0.15, 0.2) is 58.8 Å². The van der Waals surface area contributed by atoms with Crippen LogP contribution in [0, 0.1) is 0 Å². The molecule has 0 amide bonds. The van der Waals surface area contributed by atoms with Crippen molar-refractivity contribution in [2.24, 2.45) is 10.2 Å². The van der Waals surface area contributed by atoms with Gasteiger partial charge in [-0.05, 0) is 83.9 Å². The van der Waals surface area contributed by atoms with Crippen molar-refractivity contribution in [3.63, 3.8) is 0 Å². The summed E-state index contributed by atoms with van der Waals surface area (Å²) < 4.78 is 21.6. The lowest BCUT2D eigenvalue weighted by atomic mass is 10.1. The van der Waals surface area contributed by atoms with Crippen molar-refractivity contribution in [3.05, 3.63) is 53.6 Å². The molecule has 0 aliphatic rings. The summed E-state index contributed by atoms with van der Waals surface area (Å²) in [5.74, 6) is 0.839. The minimum atomic E-state index is -3.36. The normalized spacial score (nSPS) is 11.8. The lowest BCUT2D eigenvalue weighted by molar-refractivity contribution is 0.303. The Morgan fingerprint density at radius 3 is 1.65 bits per heavy atom. The fraction of sp³-hybridized carbons (Fsp3) is 0.455. The van der Waals surface area contributed by atoms with Crippen molar-refractivity contribution >= 4 is 51.5 Å². The Labute approximate surface area is 199 Å². The zero-order chi connectivity index (χ0) is 22.4. The van der Waals surface area contributed by atoms with E-state index in [1.54, 1.807) is 12.1 Å². The number of hydrogen-bond donors (Lipinski definition) is 0. The quantitative estimate of drug-likeness (QED) is 0.137. The minimum absolute atomic E-state index is 0.355. The Bertz CT molecular complexity index is 827. The molecule has 0 aliphatic carbocycles. The lowest BCUT2D eigenvalue weighted by Gasteiger charge is -2.06. The highest BCUT2D eigenvalue weighted by Crippen LogP contribution is 2.57. The van der Waals surface area contributed by atoms with Gasteiger partial charge < -0.3 is 9.26 Å². The predicted molar refractivity (Wildman–Crippen MR) is 130 cm³/mol. The number of halogens is 3. The van der Waals surface area contributed by atoms with Crippen molar-refractivity contribution in [2.75, 3.05) is 13.2 Å². The highest BCUT2D eigenvalue weighted by atomic mass is 35.9. The van der Waals surface area contributed by atoms with Gasteiger partial charge in [-0.1, -0.05) is 50.1 Å². The number of rotatable bonds is 15. The zero-order valence-corrected chi connectivity index (χ0v) is 20.6. The molecule has 31 heavy (non-hydrogen) atoms. The van der Waals surface area contributed by atoms with E-state index < -0.39 is 6.07 Å². The highest BCUT2D eigenvalue weighted by molar-refractivity contribution is 8.05. The first-order chi connectivity index (χ1) is 14.9. The van der Waals surface area contributed by atoms with Crippen LogP contribution < -0.4 is 4.74 Å². The van der Waals surface area contributed by atoms with Gasteiger partial charge in [-0.3, -0.25) is 4.57 Å². The summed E-state index contributed by atoms with van der Waals surface area (Å²) in [6, 6.07) is 14.8. The van der Waals surface area contributed by atoms with E-state index in [9.17, 15) is 4.57 Å². The van der Waals surface area contributed by atoms with E-state index in [1.807, 2.05) is 36.4 Å². The van der Waals surface area contributed by atoms with Crippen LogP contribution in [-0.2, 0) is 9.09 Å². The van der Waals surface area contributed by atoms with Crippen molar-refractivity contribution in [1.29, 1.82) is 0 Å². The molecule has 2 rings (SSSR count). The van der Waals surface area contributed by atoms with E-state index in [0.717, 1.165) is 49.2 Å². The van der Waals surface area contributed by atoms with E-state index in [-0.39, 0.29) is 0 Å². The molecule has 0 unspecified atom stereocenters. The summed E-state index contributed by atoms with van der Waals surface area (Å²) in [4.78, 5) is 0. The van der Waals surface area contributed by atoms with E-state index in [2.05, 4.69) is 10.2 Å². The van der Waals surface area contributed by atoms with Gasteiger partial charge >= 0.3 is 6.07 Å². The van der Waals surface area contributed by atoms with Crippen LogP contribution in [0.4, 0.5) is 11.4 Å². The van der Waals surface area contributed by atoms with Crippen LogP contribution in [0.1, 0.15) is 51.4 Å². The van der Waals surface area contributed by atoms with Crippen LogP contribution in [0.2, 0.25) is 5.02 Å². The molecule has 0 heterocycles. The maximum absolute atomic E-state index is 11.0. The maximum atomic E-state index is 11.0. The van der Waals surface area contributed by atoms with Crippen LogP contribution in [0.5, 0.6) is 5.75 Å². The van der Waals surface area contributed by atoms with Gasteiger partial charge in [0.2, 0.25) is 0 Å². The van der Waals surface area contributed by atoms with Gasteiger partial charge in [0.1, 0.15) is 5.75 Å². The Balaban J connectivity index is 1.48. The first-order valence-electron chi connectivity index (χ1n) is 10.5. The monoisotopic (exact) mass is 504 g/mol. The molecule has 5 nitrogen and oxygen atoms in total. The van der Waals surface area contributed by atoms with Gasteiger partial charge in [0.25, 0.3) is 0 Å². The molecule has 0 aromatic heterocycles. The molecular weight excluding hydrogens is 478 g/mol. The Morgan fingerprint density at radius 1 is 0.677 bits per heavy atom. The SMILES string of the molecule is O=P(Cl)(Cl)OCCCCCCCCCCOc1ccc(N=Nc2ccc(Cl)cc2)cc1. The number of benzene rings is 2. The average Bonchev–Trinajstić information content (AvgIpc) is 2.74. The van der Waals surface area contributed by atoms with Gasteiger partial charge in [-0.25, -0.2) is 0 Å². The van der Waals surface area contributed by atoms with Crippen molar-refractivity contribution in [2.45, 2.75) is 51.4 Å². The Morgan fingerprint density at radius 2 is 1.13 bits per heavy atom. The van der Waals surface area contributed by atoms with Crippen LogP contribution >= 0.6 is 40.2 Å². The molecule has 0 aliphatic heterocycles. The molecule has 0 bridgehead atoms. The van der Waals surface area contributed by atoms with E-state index >= 15 is 0 Å². The number of nitrogens with zero attached hydrogens (tertiary/aromatic N) is 2. The second kappa shape index (κ2) is 14.9. The minimum Gasteiger partial charge on any atom is -0.494 e. The second-order valence-corrected chi connectivity index (χ2v) is 11.8. The summed E-state index contributed by atoms with van der Waals surface area (Å²) in [5, 5.41) is 9.08. The van der Waals surface area contributed by atoms with E-state index in [1.165, 1.54) is 19.3 Å². The summed E-state index contributed by atoms with van der Waals surface area (Å²) in [6.07, 6.45) is 5.41. The molecule has 2 aromatic rings. The highest BCUT2D eigenvalue weighted by Gasteiger charge is 2.12. The second-order valence-electron chi connectivity index (χ2n) is 7.09. The number of hydrogen-bond acceptors (Lipinski definition) is 5. The third-order valence-corrected chi connectivity index (χ3v) is 5.81. The molecule has 0 saturated carbocycles. The predicted octanol–water partition coefficient (Wildman–Crippen LogP) is 9.86. The molecule has 0 fully saturated rings. The maximum Gasteiger partial charge on any atom is 0.380 e. The largest absolute Gasteiger partial charge is 0.494 e. The first-order valence-corrected chi connectivity index (χ1v) is 14.3. The third kappa shape index (κ3) is 13.1. The van der Waals surface area contributed by atoms with Crippen molar-refractivity contribution < 1.29 is 13.8 Å². The molecular formula is C22H28Cl3N2O3P. The smallest absolute Gasteiger partial charge is 0.380 e. The molecule has 0 radical (unpaired) electrons. The van der Waals surface area contributed by atoms with Crippen LogP contribution in [-0.4, -0.2) is 13.2 Å². The Hall–Kier alpha value is -1.10. The standard InChI is InChI=1S/C22H28Cl3N2O3P/c23-19-9-11-20(12-10-19)26-27-21-13-15-22(16-14-21)29-17-7-5-3-1-2-4-6-8-18-30-31(24,25)28/h9-16H,1-8,17-18H2. The van der Waals surface area contributed by atoms with Gasteiger partial charge in [-0.15, -0.1) is 0 Å². The van der Waals surface area contributed by atoms with Crippen LogP contribution in [0.3, 0.4) is 0 Å². The molecule has 2 aromatic carbocycles. The Kier molecular flexibility index (Phi) is 12.5. The van der Waals surface area contributed by atoms with Crippen molar-refractivity contribution in [1.82, 2.24) is 0 Å². The molecule has 0 spiro atoms. The number of azo groups is 1. The van der Waals surface area contributed by atoms with Crippen molar-refractivity contribution in [3.8, 4) is 5.75 Å². The molecule has 170 valence electrons. The van der Waals surface area contributed by atoms with Gasteiger partial charge in [0.15, 0.2) is 0 Å². The number of ether oxygens (including phenoxy) is 1. The fourth-order valence-corrected chi connectivity index (χ4v) is 3.74. The van der Waals surface area contributed by atoms with E-state index in [4.69, 9.17) is 43.3 Å². The zero-order valence-electron chi connectivity index (χ0n) is 17.4. The first kappa shape index (κ1) is 26.2. The molecule has 0 saturated heterocycles. The fourth-order valence-electron chi connectivity index (χ4n) is 2.86. The molecule has 9 heteroatoms. The summed E-state index contributed by atoms with van der Waals surface area (Å²) in [7, 11) is 0. The summed E-state index contributed by atoms with van der Waals surface area (Å²) >= 11 is 16.5. The topological polar surface area (TPSA) is 60.2 Å². The summed E-state index contributed by atoms with van der Waals surface area (Å²) in [6.45, 7) is 1.06. The molecule has 0 N–H and O–H groups in total. The van der Waals surface area contributed by atoms with Crippen LogP contribution in [0.25, 0.3) is 0 Å². The lowest BCUT2D eigenvalue weighted by Crippen LogP contribution is -1.97. The van der Waals surface area contributed by atoms with Gasteiger partial charge in [0.05, 0.1) is 24.6 Å². The van der Waals surface area contributed by atoms with Gasteiger partial charge in [0, 0.05) is 5.02 Å². The van der Waals surface area contributed by atoms with E-state index in [0.29, 0.717) is 18.2 Å². The summed E-state index contributed by atoms with van der Waals surface area (Å²) in [5.41, 5.74) is 1.53. The third-order valence-electron chi connectivity index (χ3n) is 4.49.